The van der Waals surface area contributed by atoms with Crippen LogP contribution in [0.5, 0.6) is 5.75 Å². The summed E-state index contributed by atoms with van der Waals surface area (Å²) >= 11 is 5.79. The summed E-state index contributed by atoms with van der Waals surface area (Å²) in [7, 11) is 1.50. The van der Waals surface area contributed by atoms with Crippen molar-refractivity contribution in [2.24, 2.45) is 5.73 Å². The van der Waals surface area contributed by atoms with Crippen molar-refractivity contribution in [3.05, 3.63) is 28.8 Å². The molecule has 0 heterocycles. The highest BCUT2D eigenvalue weighted by atomic mass is 35.5. The minimum atomic E-state index is -0.236. The molecule has 0 aliphatic carbocycles. The van der Waals surface area contributed by atoms with Gasteiger partial charge in [0, 0.05) is 18.1 Å². The number of amides is 1. The van der Waals surface area contributed by atoms with Gasteiger partial charge in [-0.3, -0.25) is 4.79 Å². The Morgan fingerprint density at radius 2 is 2.25 bits per heavy atom. The molecule has 0 spiro atoms. The van der Waals surface area contributed by atoms with Crippen LogP contribution in [0.25, 0.3) is 0 Å². The van der Waals surface area contributed by atoms with Crippen molar-refractivity contribution in [1.82, 2.24) is 5.32 Å². The second-order valence-electron chi connectivity index (χ2n) is 2.89. The van der Waals surface area contributed by atoms with Crippen molar-refractivity contribution in [2.45, 2.75) is 0 Å². The van der Waals surface area contributed by atoms with Crippen LogP contribution in [0.3, 0.4) is 0 Å². The van der Waals surface area contributed by atoms with E-state index in [0.29, 0.717) is 29.4 Å². The number of nitrogens with two attached hydrogens (primary N) is 1. The van der Waals surface area contributed by atoms with Crippen molar-refractivity contribution < 1.29 is 9.53 Å². The van der Waals surface area contributed by atoms with Gasteiger partial charge in [-0.1, -0.05) is 11.6 Å². The average Bonchev–Trinajstić information content (AvgIpc) is 2.25. The third-order valence-corrected chi connectivity index (χ3v) is 2.07. The molecular weight excluding hydrogens is 251 g/mol. The van der Waals surface area contributed by atoms with Crippen LogP contribution in [-0.2, 0) is 0 Å². The summed E-state index contributed by atoms with van der Waals surface area (Å²) in [6.07, 6.45) is 0. The summed E-state index contributed by atoms with van der Waals surface area (Å²) in [6.45, 7) is 0.823. The first kappa shape index (κ1) is 15.0. The smallest absolute Gasteiger partial charge is 0.255 e. The molecule has 0 atom stereocenters. The lowest BCUT2D eigenvalue weighted by atomic mass is 10.2. The molecule has 6 heteroatoms. The number of rotatable bonds is 4. The highest BCUT2D eigenvalue weighted by Gasteiger charge is 2.11. The number of ether oxygens (including phenoxy) is 1. The van der Waals surface area contributed by atoms with Gasteiger partial charge in [0.2, 0.25) is 0 Å². The van der Waals surface area contributed by atoms with Gasteiger partial charge in [-0.25, -0.2) is 0 Å². The van der Waals surface area contributed by atoms with Gasteiger partial charge < -0.3 is 15.8 Å². The Bertz CT molecular complexity index is 359. The van der Waals surface area contributed by atoms with Crippen molar-refractivity contribution in [1.29, 1.82) is 0 Å². The molecule has 0 bridgehead atoms. The second-order valence-corrected chi connectivity index (χ2v) is 3.33. The SMILES string of the molecule is COc1ccc(Cl)cc1C(=O)NCCN.Cl. The molecule has 90 valence electrons. The molecule has 1 aromatic rings. The molecule has 1 rings (SSSR count). The predicted octanol–water partition coefficient (Wildman–Crippen LogP) is 1.46. The van der Waals surface area contributed by atoms with E-state index < -0.39 is 0 Å². The molecule has 0 radical (unpaired) electrons. The van der Waals surface area contributed by atoms with Gasteiger partial charge in [0.15, 0.2) is 0 Å². The lowest BCUT2D eigenvalue weighted by molar-refractivity contribution is 0.0951. The molecule has 16 heavy (non-hydrogen) atoms. The predicted molar refractivity (Wildman–Crippen MR) is 66.6 cm³/mol. The second kappa shape index (κ2) is 7.33. The molecule has 0 aromatic heterocycles. The Morgan fingerprint density at radius 1 is 1.56 bits per heavy atom. The molecule has 0 fully saturated rings. The first-order chi connectivity index (χ1) is 7.19. The fourth-order valence-electron chi connectivity index (χ4n) is 1.14. The van der Waals surface area contributed by atoms with Gasteiger partial charge in [0.25, 0.3) is 5.91 Å². The van der Waals surface area contributed by atoms with Gasteiger partial charge in [0.1, 0.15) is 5.75 Å². The summed E-state index contributed by atoms with van der Waals surface area (Å²) in [4.78, 5) is 11.6. The van der Waals surface area contributed by atoms with E-state index in [1.807, 2.05) is 0 Å². The van der Waals surface area contributed by atoms with E-state index in [2.05, 4.69) is 5.32 Å². The largest absolute Gasteiger partial charge is 0.496 e. The number of halogens is 2. The van der Waals surface area contributed by atoms with E-state index in [1.165, 1.54) is 7.11 Å². The summed E-state index contributed by atoms with van der Waals surface area (Å²) in [5.74, 6) is 0.258. The molecule has 1 amide bonds. The van der Waals surface area contributed by atoms with Crippen LogP contribution in [0, 0.1) is 0 Å². The quantitative estimate of drug-likeness (QED) is 0.866. The molecule has 4 nitrogen and oxygen atoms in total. The molecule has 0 saturated carbocycles. The van der Waals surface area contributed by atoms with Crippen molar-refractivity contribution >= 4 is 29.9 Å². The standard InChI is InChI=1S/C10H13ClN2O2.ClH/c1-15-9-3-2-7(11)6-8(9)10(14)13-5-4-12;/h2-3,6H,4-5,12H2,1H3,(H,13,14);1H. The van der Waals surface area contributed by atoms with Crippen LogP contribution in [0.2, 0.25) is 5.02 Å². The molecule has 0 saturated heterocycles. The number of nitrogens with one attached hydrogen (secondary N) is 1. The average molecular weight is 265 g/mol. The minimum absolute atomic E-state index is 0. The van der Waals surface area contributed by atoms with Crippen molar-refractivity contribution in [2.75, 3.05) is 20.2 Å². The molecule has 1 aromatic carbocycles. The lowest BCUT2D eigenvalue weighted by Gasteiger charge is -2.08. The Labute approximate surface area is 106 Å². The maximum atomic E-state index is 11.6. The lowest BCUT2D eigenvalue weighted by Crippen LogP contribution is -2.29. The summed E-state index contributed by atoms with van der Waals surface area (Å²) < 4.78 is 5.05. The maximum absolute atomic E-state index is 11.6. The number of hydrogen-bond acceptors (Lipinski definition) is 3. The van der Waals surface area contributed by atoms with Gasteiger partial charge in [0.05, 0.1) is 12.7 Å². The van der Waals surface area contributed by atoms with Crippen LogP contribution >= 0.6 is 24.0 Å². The van der Waals surface area contributed by atoms with Gasteiger partial charge in [-0.15, -0.1) is 12.4 Å². The fraction of sp³-hybridized carbons (Fsp3) is 0.300. The summed E-state index contributed by atoms with van der Waals surface area (Å²) in [6, 6.07) is 4.88. The summed E-state index contributed by atoms with van der Waals surface area (Å²) in [5.41, 5.74) is 5.70. The van der Waals surface area contributed by atoms with E-state index in [9.17, 15) is 4.79 Å². The van der Waals surface area contributed by atoms with Crippen LogP contribution in [0.1, 0.15) is 10.4 Å². The zero-order chi connectivity index (χ0) is 11.3. The Kier molecular flexibility index (Phi) is 6.88. The highest BCUT2D eigenvalue weighted by molar-refractivity contribution is 6.31. The van der Waals surface area contributed by atoms with E-state index >= 15 is 0 Å². The van der Waals surface area contributed by atoms with Gasteiger partial charge in [-0.05, 0) is 18.2 Å². The summed E-state index contributed by atoms with van der Waals surface area (Å²) in [5, 5.41) is 3.14. The van der Waals surface area contributed by atoms with Crippen molar-refractivity contribution in [3.8, 4) is 5.75 Å². The van der Waals surface area contributed by atoms with E-state index in [4.69, 9.17) is 22.1 Å². The molecular formula is C10H14Cl2N2O2. The highest BCUT2D eigenvalue weighted by Crippen LogP contribution is 2.22. The zero-order valence-electron chi connectivity index (χ0n) is 8.83. The molecule has 3 N–H and O–H groups in total. The molecule has 0 aliphatic heterocycles. The Balaban J connectivity index is 0.00000225. The number of hydrogen-bond donors (Lipinski definition) is 2. The van der Waals surface area contributed by atoms with E-state index in [1.54, 1.807) is 18.2 Å². The Morgan fingerprint density at radius 3 is 2.81 bits per heavy atom. The van der Waals surface area contributed by atoms with Gasteiger partial charge >= 0.3 is 0 Å². The topological polar surface area (TPSA) is 64.3 Å². The monoisotopic (exact) mass is 264 g/mol. The van der Waals surface area contributed by atoms with Crippen LogP contribution in [-0.4, -0.2) is 26.1 Å². The van der Waals surface area contributed by atoms with Crippen LogP contribution < -0.4 is 15.8 Å². The maximum Gasteiger partial charge on any atom is 0.255 e. The van der Waals surface area contributed by atoms with Crippen LogP contribution in [0.4, 0.5) is 0 Å². The van der Waals surface area contributed by atoms with E-state index in [-0.39, 0.29) is 18.3 Å². The normalized spacial score (nSPS) is 9.19. The third kappa shape index (κ3) is 3.89. The van der Waals surface area contributed by atoms with E-state index in [0.717, 1.165) is 0 Å². The number of methoxy groups -OCH3 is 1. The number of carbonyl (C=O) groups is 1. The number of carbonyl (C=O) groups excluding carboxylic acids is 1. The van der Waals surface area contributed by atoms with Crippen molar-refractivity contribution in [3.63, 3.8) is 0 Å². The minimum Gasteiger partial charge on any atom is -0.496 e. The van der Waals surface area contributed by atoms with Crippen LogP contribution in [0.15, 0.2) is 18.2 Å². The zero-order valence-corrected chi connectivity index (χ0v) is 10.4. The van der Waals surface area contributed by atoms with Gasteiger partial charge in [-0.2, -0.15) is 0 Å². The third-order valence-electron chi connectivity index (χ3n) is 1.84. The first-order valence-electron chi connectivity index (χ1n) is 4.51. The molecule has 0 unspecified atom stereocenters. The first-order valence-corrected chi connectivity index (χ1v) is 4.88. The molecule has 0 aliphatic rings. The fourth-order valence-corrected chi connectivity index (χ4v) is 1.31. The Hall–Kier alpha value is -0.970. The number of benzene rings is 1.